The number of hydrogen-bond acceptors (Lipinski definition) is 1. The van der Waals surface area contributed by atoms with Gasteiger partial charge in [0.15, 0.2) is 11.1 Å². The molecular formula is C6H10NaO4S+. The molecule has 64 valence electrons. The first-order chi connectivity index (χ1) is 4.30. The van der Waals surface area contributed by atoms with E-state index in [2.05, 4.69) is 0 Å². The second-order valence-electron chi connectivity index (χ2n) is 1.56. The summed E-state index contributed by atoms with van der Waals surface area (Å²) in [6.45, 7) is 0. The topological polar surface area (TPSA) is 100 Å². The van der Waals surface area contributed by atoms with Gasteiger partial charge in [-0.1, -0.05) is 18.2 Å². The first-order valence-electron chi connectivity index (χ1n) is 2.46. The van der Waals surface area contributed by atoms with E-state index in [0.717, 1.165) is 0 Å². The van der Waals surface area contributed by atoms with Crippen molar-refractivity contribution in [1.82, 2.24) is 0 Å². The molecule has 5 N–H and O–H groups in total. The predicted molar refractivity (Wildman–Crippen MR) is 42.7 cm³/mol. The maximum absolute atomic E-state index is 10.3. The van der Waals surface area contributed by atoms with Crippen molar-refractivity contribution in [3.63, 3.8) is 0 Å². The van der Waals surface area contributed by atoms with Crippen LogP contribution in [0, 0.1) is 0 Å². The van der Waals surface area contributed by atoms with Crippen molar-refractivity contribution < 1.29 is 49.3 Å². The molecule has 0 saturated heterocycles. The Labute approximate surface area is 95.2 Å². The van der Waals surface area contributed by atoms with Crippen molar-refractivity contribution in [2.24, 2.45) is 0 Å². The summed E-state index contributed by atoms with van der Waals surface area (Å²) in [5, 5.41) is 0. The van der Waals surface area contributed by atoms with Crippen LogP contribution in [0.25, 0.3) is 0 Å². The Morgan fingerprint density at radius 1 is 1.08 bits per heavy atom. The van der Waals surface area contributed by atoms with Crippen LogP contribution in [0.2, 0.25) is 0 Å². The van der Waals surface area contributed by atoms with Gasteiger partial charge in [-0.05, 0) is 12.1 Å². The van der Waals surface area contributed by atoms with Crippen LogP contribution in [0.4, 0.5) is 0 Å². The van der Waals surface area contributed by atoms with Crippen molar-refractivity contribution in [3.8, 4) is 0 Å². The van der Waals surface area contributed by atoms with Gasteiger partial charge in [0.05, 0.1) is 4.90 Å². The van der Waals surface area contributed by atoms with Crippen LogP contribution < -0.4 is 29.6 Å². The zero-order valence-corrected chi connectivity index (χ0v) is 9.47. The summed E-state index contributed by atoms with van der Waals surface area (Å²) >= 11 is -1.83. The number of rotatable bonds is 1. The fourth-order valence-corrected chi connectivity index (χ4v) is 0.927. The minimum atomic E-state index is -1.83. The van der Waals surface area contributed by atoms with E-state index < -0.39 is 11.1 Å². The number of hydrogen-bond donors (Lipinski definition) is 1. The molecule has 0 heterocycles. The Hall–Kier alpha value is 0.250. The van der Waals surface area contributed by atoms with Crippen LogP contribution in [0.5, 0.6) is 0 Å². The molecule has 1 aromatic rings. The molecule has 1 rings (SSSR count). The molecule has 0 radical (unpaired) electrons. The van der Waals surface area contributed by atoms with Crippen LogP contribution in [0.15, 0.2) is 35.2 Å². The molecule has 0 aliphatic heterocycles. The second-order valence-corrected chi connectivity index (χ2v) is 2.53. The van der Waals surface area contributed by atoms with E-state index in [0.29, 0.717) is 4.90 Å². The molecule has 0 aromatic heterocycles. The second kappa shape index (κ2) is 9.34. The zero-order chi connectivity index (χ0) is 6.69. The first kappa shape index (κ1) is 18.1. The summed E-state index contributed by atoms with van der Waals surface area (Å²) in [4.78, 5) is 0.442. The van der Waals surface area contributed by atoms with Gasteiger partial charge >= 0.3 is 29.6 Å². The smallest absolute Gasteiger partial charge is 0.412 e. The molecule has 12 heavy (non-hydrogen) atoms. The maximum atomic E-state index is 10.3. The fraction of sp³-hybridized carbons (Fsp3) is 0. The van der Waals surface area contributed by atoms with E-state index in [9.17, 15) is 4.21 Å². The summed E-state index contributed by atoms with van der Waals surface area (Å²) in [5.74, 6) is 0. The summed E-state index contributed by atoms with van der Waals surface area (Å²) < 4.78 is 18.8. The van der Waals surface area contributed by atoms with E-state index in [4.69, 9.17) is 4.55 Å². The van der Waals surface area contributed by atoms with Gasteiger partial charge in [-0.25, -0.2) is 4.21 Å². The van der Waals surface area contributed by atoms with Gasteiger partial charge in [0, 0.05) is 0 Å². The van der Waals surface area contributed by atoms with Gasteiger partial charge in [0.2, 0.25) is 0 Å². The predicted octanol–water partition coefficient (Wildman–Crippen LogP) is -3.38. The van der Waals surface area contributed by atoms with Gasteiger partial charge in [-0.15, -0.1) is 0 Å². The van der Waals surface area contributed by atoms with Gasteiger partial charge in [0.1, 0.15) is 0 Å². The van der Waals surface area contributed by atoms with Crippen LogP contribution in [-0.4, -0.2) is 19.7 Å². The van der Waals surface area contributed by atoms with E-state index in [1.165, 1.54) is 0 Å². The Balaban J connectivity index is -0.000000270. The molecule has 4 nitrogen and oxygen atoms in total. The normalized spacial score (nSPS) is 9.75. The first-order valence-corrected chi connectivity index (χ1v) is 3.57. The van der Waals surface area contributed by atoms with E-state index in [1.807, 2.05) is 0 Å². The fourth-order valence-electron chi connectivity index (χ4n) is 0.537. The van der Waals surface area contributed by atoms with Crippen LogP contribution in [0.1, 0.15) is 0 Å². The summed E-state index contributed by atoms with van der Waals surface area (Å²) in [6.07, 6.45) is 0. The van der Waals surface area contributed by atoms with Crippen molar-refractivity contribution in [1.29, 1.82) is 0 Å². The standard InChI is InChI=1S/C6H6O2S.Na.2H2O/c7-9(8)6-4-2-1-3-5-6;;;/h1-5H,(H,7,8);;2*1H2/q;+1;;. The Morgan fingerprint density at radius 2 is 1.50 bits per heavy atom. The molecule has 1 unspecified atom stereocenters. The molecule has 0 saturated carbocycles. The third kappa shape index (κ3) is 5.84. The molecule has 0 amide bonds. The van der Waals surface area contributed by atoms with Crippen molar-refractivity contribution in [3.05, 3.63) is 30.3 Å². The minimum Gasteiger partial charge on any atom is -0.412 e. The maximum Gasteiger partial charge on any atom is 1.00 e. The minimum absolute atomic E-state index is 0. The Morgan fingerprint density at radius 3 is 1.75 bits per heavy atom. The van der Waals surface area contributed by atoms with Crippen LogP contribution in [0.3, 0.4) is 0 Å². The van der Waals surface area contributed by atoms with Gasteiger partial charge in [-0.3, -0.25) is 0 Å². The molecule has 0 fully saturated rings. The molecule has 0 aliphatic carbocycles. The molecular weight excluding hydrogens is 191 g/mol. The van der Waals surface area contributed by atoms with Gasteiger partial charge in [-0.2, -0.15) is 0 Å². The van der Waals surface area contributed by atoms with Gasteiger partial charge < -0.3 is 15.5 Å². The molecule has 0 aliphatic rings. The molecule has 6 heteroatoms. The monoisotopic (exact) mass is 201 g/mol. The van der Waals surface area contributed by atoms with Gasteiger partial charge in [0.25, 0.3) is 0 Å². The molecule has 1 aromatic carbocycles. The van der Waals surface area contributed by atoms with Crippen molar-refractivity contribution in [2.45, 2.75) is 4.90 Å². The van der Waals surface area contributed by atoms with Crippen LogP contribution in [-0.2, 0) is 11.1 Å². The quantitative estimate of drug-likeness (QED) is 0.378. The molecule has 0 bridgehead atoms. The Kier molecular flexibility index (Phi) is 14.1. The summed E-state index contributed by atoms with van der Waals surface area (Å²) in [5.41, 5.74) is 0. The third-order valence-corrected chi connectivity index (χ3v) is 1.62. The largest absolute Gasteiger partial charge is 1.00 e. The molecule has 0 spiro atoms. The van der Waals surface area contributed by atoms with Crippen molar-refractivity contribution in [2.75, 3.05) is 0 Å². The number of benzene rings is 1. The van der Waals surface area contributed by atoms with E-state index in [1.54, 1.807) is 30.3 Å². The average Bonchev–Trinajstić information content (AvgIpc) is 1.90. The third-order valence-electron chi connectivity index (χ3n) is 0.945. The van der Waals surface area contributed by atoms with Crippen molar-refractivity contribution >= 4 is 11.1 Å². The van der Waals surface area contributed by atoms with E-state index in [-0.39, 0.29) is 40.5 Å². The summed E-state index contributed by atoms with van der Waals surface area (Å²) in [6, 6.07) is 8.47. The Bertz CT molecular complexity index is 216. The SMILES string of the molecule is O.O.O=S(O)c1ccccc1.[Na+]. The van der Waals surface area contributed by atoms with Crippen LogP contribution >= 0.6 is 0 Å². The zero-order valence-electron chi connectivity index (χ0n) is 6.65. The summed E-state index contributed by atoms with van der Waals surface area (Å²) in [7, 11) is 0. The molecule has 1 atom stereocenters. The van der Waals surface area contributed by atoms with E-state index >= 15 is 0 Å². The average molecular weight is 201 g/mol.